The maximum atomic E-state index is 12.6. The van der Waals surface area contributed by atoms with Crippen molar-refractivity contribution < 1.29 is 9.32 Å². The second kappa shape index (κ2) is 8.54. The minimum atomic E-state index is -0.353. The van der Waals surface area contributed by atoms with Gasteiger partial charge in [-0.15, -0.1) is 0 Å². The molecule has 8 nitrogen and oxygen atoms in total. The summed E-state index contributed by atoms with van der Waals surface area (Å²) in [6, 6.07) is -0.259. The molecule has 27 heavy (non-hydrogen) atoms. The largest absolute Gasteiger partial charge is 0.337 e. The first kappa shape index (κ1) is 20.9. The van der Waals surface area contributed by atoms with Crippen molar-refractivity contribution in [3.63, 3.8) is 0 Å². The van der Waals surface area contributed by atoms with Crippen molar-refractivity contribution in [3.8, 4) is 0 Å². The van der Waals surface area contributed by atoms with Crippen LogP contribution in [0.15, 0.2) is 4.52 Å². The van der Waals surface area contributed by atoms with E-state index < -0.39 is 0 Å². The van der Waals surface area contributed by atoms with Gasteiger partial charge >= 0.3 is 6.03 Å². The maximum absolute atomic E-state index is 12.6. The van der Waals surface area contributed by atoms with Gasteiger partial charge in [0.1, 0.15) is 6.04 Å². The highest BCUT2D eigenvalue weighted by molar-refractivity contribution is 5.74. The molecule has 2 heterocycles. The van der Waals surface area contributed by atoms with Crippen LogP contribution in [0.2, 0.25) is 0 Å². The molecule has 2 aromatic heterocycles. The Labute approximate surface area is 161 Å². The van der Waals surface area contributed by atoms with Gasteiger partial charge in [-0.3, -0.25) is 4.68 Å². The maximum Gasteiger partial charge on any atom is 0.318 e. The number of carbonyl (C=O) groups excluding carboxylic acids is 1. The first-order chi connectivity index (χ1) is 12.6. The second-order valence-electron chi connectivity index (χ2n) is 7.86. The van der Waals surface area contributed by atoms with Crippen LogP contribution in [-0.2, 0) is 13.0 Å². The molecule has 1 atom stereocenters. The third-order valence-electron chi connectivity index (χ3n) is 4.49. The van der Waals surface area contributed by atoms with E-state index in [1.165, 1.54) is 0 Å². The van der Waals surface area contributed by atoms with E-state index in [-0.39, 0.29) is 18.1 Å². The van der Waals surface area contributed by atoms with E-state index in [2.05, 4.69) is 48.3 Å². The van der Waals surface area contributed by atoms with Crippen molar-refractivity contribution in [2.45, 2.75) is 73.5 Å². The molecule has 2 rings (SSSR count). The van der Waals surface area contributed by atoms with Crippen molar-refractivity contribution >= 4 is 6.03 Å². The van der Waals surface area contributed by atoms with Crippen molar-refractivity contribution in [1.82, 2.24) is 30.1 Å². The predicted octanol–water partition coefficient (Wildman–Crippen LogP) is 3.56. The van der Waals surface area contributed by atoms with Crippen molar-refractivity contribution in [2.75, 3.05) is 7.05 Å². The Kier molecular flexibility index (Phi) is 6.62. The summed E-state index contributed by atoms with van der Waals surface area (Å²) in [7, 11) is 1.77. The fourth-order valence-electron chi connectivity index (χ4n) is 2.99. The molecule has 0 saturated carbocycles. The lowest BCUT2D eigenvalue weighted by Crippen LogP contribution is -2.38. The second-order valence-corrected chi connectivity index (χ2v) is 7.86. The van der Waals surface area contributed by atoms with Crippen LogP contribution in [0.4, 0.5) is 4.79 Å². The molecule has 0 aliphatic rings. The van der Waals surface area contributed by atoms with E-state index in [0.717, 1.165) is 23.4 Å². The molecule has 0 aromatic carbocycles. The summed E-state index contributed by atoms with van der Waals surface area (Å²) in [5.74, 6) is 1.54. The number of hydrogen-bond acceptors (Lipinski definition) is 5. The van der Waals surface area contributed by atoms with Gasteiger partial charge < -0.3 is 14.7 Å². The van der Waals surface area contributed by atoms with Gasteiger partial charge in [0.2, 0.25) is 5.89 Å². The summed E-state index contributed by atoms with van der Waals surface area (Å²) < 4.78 is 7.28. The summed E-state index contributed by atoms with van der Waals surface area (Å²) in [4.78, 5) is 18.6. The van der Waals surface area contributed by atoms with Crippen molar-refractivity contribution in [3.05, 3.63) is 28.7 Å². The minimum Gasteiger partial charge on any atom is -0.337 e. The van der Waals surface area contributed by atoms with E-state index in [4.69, 9.17) is 4.52 Å². The summed E-state index contributed by atoms with van der Waals surface area (Å²) >= 11 is 0. The average Bonchev–Trinajstić information content (AvgIpc) is 3.13. The summed E-state index contributed by atoms with van der Waals surface area (Å²) in [5, 5.41) is 11.5. The molecule has 0 spiro atoms. The number of aryl methyl sites for hydroxylation is 1. The Morgan fingerprint density at radius 3 is 2.44 bits per heavy atom. The van der Waals surface area contributed by atoms with Crippen LogP contribution in [0.25, 0.3) is 0 Å². The summed E-state index contributed by atoms with van der Waals surface area (Å²) in [5.41, 5.74) is 3.11. The number of rotatable bonds is 7. The lowest BCUT2D eigenvalue weighted by molar-refractivity contribution is 0.200. The normalized spacial score (nSPS) is 12.7. The lowest BCUT2D eigenvalue weighted by Gasteiger charge is -2.20. The third kappa shape index (κ3) is 5.08. The van der Waals surface area contributed by atoms with Gasteiger partial charge in [-0.25, -0.2) is 4.79 Å². The number of nitrogens with one attached hydrogen (secondary N) is 1. The van der Waals surface area contributed by atoms with Crippen molar-refractivity contribution in [2.24, 2.45) is 5.92 Å². The van der Waals surface area contributed by atoms with Crippen LogP contribution in [0.1, 0.15) is 75.4 Å². The molecular weight excluding hydrogens is 344 g/mol. The molecule has 0 unspecified atom stereocenters. The van der Waals surface area contributed by atoms with E-state index in [1.807, 2.05) is 25.5 Å². The average molecular weight is 377 g/mol. The molecule has 0 saturated heterocycles. The number of hydrogen-bond donors (Lipinski definition) is 1. The first-order valence-electron chi connectivity index (χ1n) is 9.48. The van der Waals surface area contributed by atoms with Gasteiger partial charge in [-0.05, 0) is 40.5 Å². The van der Waals surface area contributed by atoms with Gasteiger partial charge in [-0.1, -0.05) is 19.0 Å². The molecular formula is C19H32N6O2. The van der Waals surface area contributed by atoms with Gasteiger partial charge in [-0.2, -0.15) is 10.1 Å². The zero-order valence-electron chi connectivity index (χ0n) is 17.7. The lowest BCUT2D eigenvalue weighted by atomic mass is 10.1. The van der Waals surface area contributed by atoms with Crippen LogP contribution >= 0.6 is 0 Å². The number of urea groups is 1. The summed E-state index contributed by atoms with van der Waals surface area (Å²) in [6.07, 6.45) is 0.752. The topological polar surface area (TPSA) is 89.1 Å². The van der Waals surface area contributed by atoms with Crippen LogP contribution < -0.4 is 5.32 Å². The predicted molar refractivity (Wildman–Crippen MR) is 103 cm³/mol. The zero-order valence-corrected chi connectivity index (χ0v) is 17.7. The standard InChI is InChI=1S/C19H32N6O2/c1-11(2)9-17-21-18(27-23-17)14(6)20-19(26)24(8)10-16-13(5)22-25(12(3)4)15(16)7/h11-12,14H,9-10H2,1-8H3,(H,20,26)/t14-/m0/s1. The SMILES string of the molecule is Cc1nn(C(C)C)c(C)c1CN(C)C(=O)N[C@@H](C)c1nc(CC(C)C)no1. The van der Waals surface area contributed by atoms with E-state index >= 15 is 0 Å². The molecule has 1 N–H and O–H groups in total. The Bertz CT molecular complexity index is 777. The molecule has 0 aliphatic carbocycles. The molecule has 150 valence electrons. The smallest absolute Gasteiger partial charge is 0.318 e. The monoisotopic (exact) mass is 376 g/mol. The molecule has 0 aliphatic heterocycles. The molecule has 0 radical (unpaired) electrons. The summed E-state index contributed by atoms with van der Waals surface area (Å²) in [6.45, 7) is 14.7. The van der Waals surface area contributed by atoms with Crippen LogP contribution in [-0.4, -0.2) is 37.9 Å². The molecule has 0 fully saturated rings. The van der Waals surface area contributed by atoms with E-state index in [0.29, 0.717) is 24.2 Å². The Morgan fingerprint density at radius 1 is 1.22 bits per heavy atom. The minimum absolute atomic E-state index is 0.192. The highest BCUT2D eigenvalue weighted by Gasteiger charge is 2.21. The highest BCUT2D eigenvalue weighted by atomic mass is 16.5. The number of nitrogens with zero attached hydrogens (tertiary/aromatic N) is 5. The Balaban J connectivity index is 2.00. The van der Waals surface area contributed by atoms with Gasteiger partial charge in [0.15, 0.2) is 5.82 Å². The van der Waals surface area contributed by atoms with Gasteiger partial charge in [0.05, 0.1) is 12.2 Å². The third-order valence-corrected chi connectivity index (χ3v) is 4.49. The van der Waals surface area contributed by atoms with Crippen molar-refractivity contribution in [1.29, 1.82) is 0 Å². The molecule has 8 heteroatoms. The van der Waals surface area contributed by atoms with Gasteiger partial charge in [0, 0.05) is 30.8 Å². The first-order valence-corrected chi connectivity index (χ1v) is 9.48. The number of carbonyl (C=O) groups is 1. The quantitative estimate of drug-likeness (QED) is 0.798. The highest BCUT2D eigenvalue weighted by Crippen LogP contribution is 2.19. The number of amides is 2. The molecule has 2 aromatic rings. The Morgan fingerprint density at radius 2 is 1.89 bits per heavy atom. The van der Waals surface area contributed by atoms with Crippen LogP contribution in [0.5, 0.6) is 0 Å². The fourth-order valence-corrected chi connectivity index (χ4v) is 2.99. The van der Waals surface area contributed by atoms with E-state index in [1.54, 1.807) is 11.9 Å². The molecule has 2 amide bonds. The number of aromatic nitrogens is 4. The fraction of sp³-hybridized carbons (Fsp3) is 0.684. The zero-order chi connectivity index (χ0) is 20.3. The van der Waals surface area contributed by atoms with E-state index in [9.17, 15) is 4.79 Å². The van der Waals surface area contributed by atoms with Gasteiger partial charge in [0.25, 0.3) is 0 Å². The Hall–Kier alpha value is -2.38. The molecule has 0 bridgehead atoms. The van der Waals surface area contributed by atoms with Crippen LogP contribution in [0, 0.1) is 19.8 Å². The van der Waals surface area contributed by atoms with Crippen LogP contribution in [0.3, 0.4) is 0 Å².